The molecule has 0 aliphatic carbocycles. The third kappa shape index (κ3) is 4.00. The van der Waals surface area contributed by atoms with Crippen molar-refractivity contribution in [2.24, 2.45) is 0 Å². The topological polar surface area (TPSA) is 68.5 Å². The molecule has 0 fully saturated rings. The van der Waals surface area contributed by atoms with Crippen molar-refractivity contribution in [3.8, 4) is 11.3 Å². The van der Waals surface area contributed by atoms with Crippen molar-refractivity contribution < 1.29 is 18.7 Å². The maximum atomic E-state index is 12.1. The monoisotopic (exact) mass is 315 g/mol. The van der Waals surface area contributed by atoms with E-state index in [1.165, 1.54) is 12.7 Å². The Kier molecular flexibility index (Phi) is 5.21. The second kappa shape index (κ2) is 7.13. The van der Waals surface area contributed by atoms with E-state index in [0.29, 0.717) is 11.7 Å². The van der Waals surface area contributed by atoms with Crippen LogP contribution in [0.25, 0.3) is 11.3 Å². The predicted octanol–water partition coefficient (Wildman–Crippen LogP) is 3.36. The number of furan rings is 1. The van der Waals surface area contributed by atoms with Crippen LogP contribution in [0.15, 0.2) is 40.8 Å². The minimum Gasteiger partial charge on any atom is -0.467 e. The SMILES string of the molecule is COC(=O)C(C)NC(=O)c1ccc(-c2ccc(C(C)C)cc2)o1. The number of hydrogen-bond donors (Lipinski definition) is 1. The zero-order valence-corrected chi connectivity index (χ0v) is 13.8. The molecule has 0 spiro atoms. The molecule has 0 saturated carbocycles. The molecule has 0 bridgehead atoms. The summed E-state index contributed by atoms with van der Waals surface area (Å²) < 4.78 is 10.2. The minimum atomic E-state index is -0.730. The van der Waals surface area contributed by atoms with Crippen LogP contribution in [0.2, 0.25) is 0 Å². The summed E-state index contributed by atoms with van der Waals surface area (Å²) in [6, 6.07) is 10.6. The Balaban J connectivity index is 2.10. The van der Waals surface area contributed by atoms with Crippen LogP contribution in [0.3, 0.4) is 0 Å². The summed E-state index contributed by atoms with van der Waals surface area (Å²) >= 11 is 0. The molecule has 0 aliphatic heterocycles. The second-order valence-electron chi connectivity index (χ2n) is 5.66. The molecule has 0 saturated heterocycles. The van der Waals surface area contributed by atoms with E-state index in [0.717, 1.165) is 5.56 Å². The zero-order valence-electron chi connectivity index (χ0n) is 13.8. The fraction of sp³-hybridized carbons (Fsp3) is 0.333. The average molecular weight is 315 g/mol. The largest absolute Gasteiger partial charge is 0.467 e. The van der Waals surface area contributed by atoms with Gasteiger partial charge in [-0.25, -0.2) is 4.79 Å². The lowest BCUT2D eigenvalue weighted by molar-refractivity contribution is -0.142. The molecule has 23 heavy (non-hydrogen) atoms. The molecule has 0 radical (unpaired) electrons. The molecule has 1 atom stereocenters. The number of esters is 1. The Morgan fingerprint density at radius 1 is 1.04 bits per heavy atom. The number of nitrogens with one attached hydrogen (secondary N) is 1. The molecule has 0 aliphatic rings. The molecule has 1 aromatic heterocycles. The van der Waals surface area contributed by atoms with Gasteiger partial charge in [0.05, 0.1) is 7.11 Å². The maximum Gasteiger partial charge on any atom is 0.328 e. The Hall–Kier alpha value is -2.56. The normalized spacial score (nSPS) is 12.0. The maximum absolute atomic E-state index is 12.1. The Bertz CT molecular complexity index is 685. The van der Waals surface area contributed by atoms with Crippen LogP contribution < -0.4 is 5.32 Å². The number of rotatable bonds is 5. The number of ether oxygens (including phenoxy) is 1. The highest BCUT2D eigenvalue weighted by Crippen LogP contribution is 2.24. The van der Waals surface area contributed by atoms with Gasteiger partial charge >= 0.3 is 5.97 Å². The van der Waals surface area contributed by atoms with Gasteiger partial charge in [-0.05, 0) is 30.5 Å². The summed E-state index contributed by atoms with van der Waals surface area (Å²) in [5, 5.41) is 2.53. The van der Waals surface area contributed by atoms with Crippen molar-refractivity contribution >= 4 is 11.9 Å². The summed E-state index contributed by atoms with van der Waals surface area (Å²) in [6.07, 6.45) is 0. The van der Waals surface area contributed by atoms with Crippen LogP contribution in [0.1, 0.15) is 42.8 Å². The predicted molar refractivity (Wildman–Crippen MR) is 87.2 cm³/mol. The van der Waals surface area contributed by atoms with Gasteiger partial charge in [-0.15, -0.1) is 0 Å². The van der Waals surface area contributed by atoms with Gasteiger partial charge in [0.15, 0.2) is 5.76 Å². The van der Waals surface area contributed by atoms with Gasteiger partial charge < -0.3 is 14.5 Å². The fourth-order valence-corrected chi connectivity index (χ4v) is 2.15. The number of methoxy groups -OCH3 is 1. The Labute approximate surface area is 135 Å². The van der Waals surface area contributed by atoms with E-state index < -0.39 is 17.9 Å². The summed E-state index contributed by atoms with van der Waals surface area (Å²) in [5.74, 6) is 0.268. The smallest absolute Gasteiger partial charge is 0.328 e. The average Bonchev–Trinajstić information content (AvgIpc) is 3.04. The summed E-state index contributed by atoms with van der Waals surface area (Å²) in [6.45, 7) is 5.82. The van der Waals surface area contributed by atoms with Gasteiger partial charge in [-0.3, -0.25) is 4.79 Å². The third-order valence-corrected chi connectivity index (χ3v) is 3.59. The highest BCUT2D eigenvalue weighted by molar-refractivity contribution is 5.94. The number of benzene rings is 1. The summed E-state index contributed by atoms with van der Waals surface area (Å²) in [4.78, 5) is 23.4. The first-order valence-electron chi connectivity index (χ1n) is 7.51. The molecule has 5 heteroatoms. The molecule has 1 N–H and O–H groups in total. The van der Waals surface area contributed by atoms with E-state index in [9.17, 15) is 9.59 Å². The lowest BCUT2D eigenvalue weighted by atomic mass is 10.0. The Morgan fingerprint density at radius 3 is 2.26 bits per heavy atom. The first-order valence-corrected chi connectivity index (χ1v) is 7.51. The van der Waals surface area contributed by atoms with E-state index in [2.05, 4.69) is 23.9 Å². The van der Waals surface area contributed by atoms with Crippen molar-refractivity contribution in [1.82, 2.24) is 5.32 Å². The van der Waals surface area contributed by atoms with Gasteiger partial charge in [-0.1, -0.05) is 38.1 Å². The van der Waals surface area contributed by atoms with E-state index in [-0.39, 0.29) is 5.76 Å². The molecule has 2 aromatic rings. The van der Waals surface area contributed by atoms with E-state index in [1.54, 1.807) is 19.1 Å². The van der Waals surface area contributed by atoms with E-state index >= 15 is 0 Å². The van der Waals surface area contributed by atoms with Crippen LogP contribution in [-0.4, -0.2) is 25.0 Å². The lowest BCUT2D eigenvalue weighted by Crippen LogP contribution is -2.38. The summed E-state index contributed by atoms with van der Waals surface area (Å²) in [7, 11) is 1.27. The third-order valence-electron chi connectivity index (χ3n) is 3.59. The fourth-order valence-electron chi connectivity index (χ4n) is 2.15. The molecule has 122 valence electrons. The van der Waals surface area contributed by atoms with Crippen LogP contribution in [0.5, 0.6) is 0 Å². The first kappa shape index (κ1) is 16.8. The van der Waals surface area contributed by atoms with Crippen LogP contribution >= 0.6 is 0 Å². The number of carbonyl (C=O) groups is 2. The number of hydrogen-bond acceptors (Lipinski definition) is 4. The van der Waals surface area contributed by atoms with Gasteiger partial charge in [0.1, 0.15) is 11.8 Å². The first-order chi connectivity index (χ1) is 10.9. The highest BCUT2D eigenvalue weighted by Gasteiger charge is 2.19. The lowest BCUT2D eigenvalue weighted by Gasteiger charge is -2.09. The van der Waals surface area contributed by atoms with Crippen molar-refractivity contribution in [1.29, 1.82) is 0 Å². The van der Waals surface area contributed by atoms with Crippen molar-refractivity contribution in [3.05, 3.63) is 47.7 Å². The quantitative estimate of drug-likeness (QED) is 0.859. The molecule has 1 heterocycles. The van der Waals surface area contributed by atoms with Gasteiger partial charge in [0.25, 0.3) is 5.91 Å². The zero-order chi connectivity index (χ0) is 17.0. The van der Waals surface area contributed by atoms with Crippen molar-refractivity contribution in [2.75, 3.05) is 7.11 Å². The highest BCUT2D eigenvalue weighted by atomic mass is 16.5. The molecule has 5 nitrogen and oxygen atoms in total. The molecule has 2 rings (SSSR count). The van der Waals surface area contributed by atoms with Crippen LogP contribution in [0, 0.1) is 0 Å². The van der Waals surface area contributed by atoms with E-state index in [4.69, 9.17) is 4.42 Å². The molecular formula is C18H21NO4. The Morgan fingerprint density at radius 2 is 1.70 bits per heavy atom. The van der Waals surface area contributed by atoms with Gasteiger partial charge in [0, 0.05) is 5.56 Å². The minimum absolute atomic E-state index is 0.156. The van der Waals surface area contributed by atoms with Crippen LogP contribution in [-0.2, 0) is 9.53 Å². The molecule has 1 aromatic carbocycles. The van der Waals surface area contributed by atoms with Gasteiger partial charge in [-0.2, -0.15) is 0 Å². The van der Waals surface area contributed by atoms with Crippen molar-refractivity contribution in [2.45, 2.75) is 32.7 Å². The number of amides is 1. The molecule has 1 unspecified atom stereocenters. The van der Waals surface area contributed by atoms with Gasteiger partial charge in [0.2, 0.25) is 0 Å². The van der Waals surface area contributed by atoms with E-state index in [1.807, 2.05) is 24.3 Å². The molecular weight excluding hydrogens is 294 g/mol. The van der Waals surface area contributed by atoms with Crippen molar-refractivity contribution in [3.63, 3.8) is 0 Å². The second-order valence-corrected chi connectivity index (χ2v) is 5.66. The molecule has 1 amide bonds. The number of carbonyl (C=O) groups excluding carboxylic acids is 2. The van der Waals surface area contributed by atoms with Crippen LogP contribution in [0.4, 0.5) is 0 Å². The summed E-state index contributed by atoms with van der Waals surface area (Å²) in [5.41, 5.74) is 2.14. The standard InChI is InChI=1S/C18H21NO4/c1-11(2)13-5-7-14(8-6-13)15-9-10-16(23-15)17(20)19-12(3)18(21)22-4/h5-12H,1-4H3,(H,19,20).